The minimum atomic E-state index is -0.334. The molecule has 0 unspecified atom stereocenters. The third kappa shape index (κ3) is 4.68. The number of hydrogen-bond donors (Lipinski definition) is 0. The fourth-order valence-electron chi connectivity index (χ4n) is 8.24. The molecule has 0 fully saturated rings. The molecule has 51 heavy (non-hydrogen) atoms. The van der Waals surface area contributed by atoms with E-state index in [1.807, 2.05) is 78.9 Å². The predicted molar refractivity (Wildman–Crippen MR) is 209 cm³/mol. The topological polar surface area (TPSA) is 42.3 Å². The van der Waals surface area contributed by atoms with Crippen molar-refractivity contribution in [3.05, 3.63) is 179 Å². The van der Waals surface area contributed by atoms with Gasteiger partial charge in [-0.1, -0.05) is 133 Å². The van der Waals surface area contributed by atoms with Crippen LogP contribution in [0.1, 0.15) is 37.4 Å². The Labute approximate surface area is 296 Å². The Morgan fingerprint density at radius 2 is 1.00 bits per heavy atom. The number of aromatic nitrogens is 1. The van der Waals surface area contributed by atoms with E-state index >= 15 is 4.79 Å². The Morgan fingerprint density at radius 1 is 0.431 bits per heavy atom. The van der Waals surface area contributed by atoms with E-state index in [2.05, 4.69) is 92.1 Å². The molecule has 0 radical (unpaired) electrons. The molecular formula is C47H34N2O2. The molecule has 1 aromatic heterocycles. The number of para-hydroxylation sites is 2. The third-order valence-corrected chi connectivity index (χ3v) is 10.2. The van der Waals surface area contributed by atoms with Gasteiger partial charge < -0.3 is 4.57 Å². The average Bonchev–Trinajstić information content (AvgIpc) is 3.62. The molecule has 4 nitrogen and oxygen atoms in total. The van der Waals surface area contributed by atoms with Gasteiger partial charge >= 0.3 is 0 Å². The van der Waals surface area contributed by atoms with Crippen LogP contribution in [-0.4, -0.2) is 16.4 Å². The lowest BCUT2D eigenvalue weighted by atomic mass is 9.92. The summed E-state index contributed by atoms with van der Waals surface area (Å²) in [5.41, 5.74) is 13.6. The Hall–Kier alpha value is -6.52. The number of imide groups is 1. The highest BCUT2D eigenvalue weighted by molar-refractivity contribution is 6.37. The minimum Gasteiger partial charge on any atom is -0.308 e. The quantitative estimate of drug-likeness (QED) is 0.173. The van der Waals surface area contributed by atoms with E-state index in [-0.39, 0.29) is 11.8 Å². The predicted octanol–water partition coefficient (Wildman–Crippen LogP) is 11.5. The van der Waals surface area contributed by atoms with Gasteiger partial charge in [0.2, 0.25) is 0 Å². The molecular weight excluding hydrogens is 625 g/mol. The lowest BCUT2D eigenvalue weighted by molar-refractivity contribution is 0.0926. The smallest absolute Gasteiger partial charge is 0.268 e. The number of benzene rings is 7. The summed E-state index contributed by atoms with van der Waals surface area (Å²) in [4.78, 5) is 31.0. The molecule has 7 aromatic carbocycles. The molecule has 0 saturated heterocycles. The van der Waals surface area contributed by atoms with Gasteiger partial charge in [-0.25, -0.2) is 4.90 Å². The molecule has 8 aromatic rings. The molecule has 9 rings (SSSR count). The van der Waals surface area contributed by atoms with Crippen LogP contribution in [0.5, 0.6) is 0 Å². The zero-order valence-corrected chi connectivity index (χ0v) is 28.6. The molecule has 1 aliphatic rings. The lowest BCUT2D eigenvalue weighted by Gasteiger charge is -2.22. The number of carbonyl (C=O) groups is 2. The summed E-state index contributed by atoms with van der Waals surface area (Å²) in [6.45, 7) is 6.45. The summed E-state index contributed by atoms with van der Waals surface area (Å²) in [5.74, 6) is -0.662. The summed E-state index contributed by atoms with van der Waals surface area (Å²) < 4.78 is 2.20. The lowest BCUT2D eigenvalue weighted by Crippen LogP contribution is -2.30. The van der Waals surface area contributed by atoms with E-state index in [1.54, 1.807) is 6.07 Å². The molecule has 0 N–H and O–H groups in total. The standard InChI is InChI=1S/C47H34N2O2/c1-29-27-30(2)42(31(3)28-29)37-22-12-21-36-35-19-10-11-24-39(35)48(45(36)37)41-26-14-23-38-44(41)47(51)49(46(38)50)40-25-13-20-34(32-15-6-4-7-16-32)43(40)33-17-8-5-9-18-33/h4-28H,1-3H3. The van der Waals surface area contributed by atoms with E-state index in [0.29, 0.717) is 22.5 Å². The van der Waals surface area contributed by atoms with Gasteiger partial charge in [-0.3, -0.25) is 9.59 Å². The molecule has 244 valence electrons. The molecule has 2 amide bonds. The third-order valence-electron chi connectivity index (χ3n) is 10.2. The number of rotatable bonds is 5. The molecule has 1 aliphatic heterocycles. The van der Waals surface area contributed by atoms with E-state index in [4.69, 9.17) is 0 Å². The Bertz CT molecular complexity index is 2680. The van der Waals surface area contributed by atoms with Gasteiger partial charge in [-0.2, -0.15) is 0 Å². The summed E-state index contributed by atoms with van der Waals surface area (Å²) in [7, 11) is 0. The molecule has 0 saturated carbocycles. The molecule has 2 heterocycles. The van der Waals surface area contributed by atoms with Crippen LogP contribution in [0.15, 0.2) is 152 Å². The van der Waals surface area contributed by atoms with Gasteiger partial charge in [0.25, 0.3) is 11.8 Å². The SMILES string of the molecule is Cc1cc(C)c(-c2cccc3c4ccccc4n(-c4cccc5c4C(=O)N(c4cccc(-c6ccccc6)c4-c4ccccc4)C5=O)c23)c(C)c1. The summed E-state index contributed by atoms with van der Waals surface area (Å²) in [5, 5.41) is 2.18. The first kappa shape index (κ1) is 30.5. The number of carbonyl (C=O) groups excluding carboxylic acids is 2. The first-order valence-corrected chi connectivity index (χ1v) is 17.3. The van der Waals surface area contributed by atoms with E-state index in [9.17, 15) is 4.79 Å². The van der Waals surface area contributed by atoms with Crippen molar-refractivity contribution >= 4 is 39.3 Å². The summed E-state index contributed by atoms with van der Waals surface area (Å²) in [6.07, 6.45) is 0. The van der Waals surface area contributed by atoms with Crippen molar-refractivity contribution in [2.75, 3.05) is 4.90 Å². The number of anilines is 1. The van der Waals surface area contributed by atoms with Gasteiger partial charge in [0.05, 0.1) is 33.5 Å². The number of nitrogens with zero attached hydrogens (tertiary/aromatic N) is 2. The van der Waals surface area contributed by atoms with Crippen LogP contribution in [0.3, 0.4) is 0 Å². The maximum atomic E-state index is 15.0. The average molecular weight is 659 g/mol. The summed E-state index contributed by atoms with van der Waals surface area (Å²) >= 11 is 0. The van der Waals surface area contributed by atoms with Crippen molar-refractivity contribution in [1.82, 2.24) is 4.57 Å². The fraction of sp³-hybridized carbons (Fsp3) is 0.0638. The van der Waals surface area contributed by atoms with Crippen molar-refractivity contribution < 1.29 is 9.59 Å². The van der Waals surface area contributed by atoms with Crippen LogP contribution in [0.4, 0.5) is 5.69 Å². The van der Waals surface area contributed by atoms with Gasteiger partial charge in [-0.15, -0.1) is 0 Å². The number of hydrogen-bond acceptors (Lipinski definition) is 2. The van der Waals surface area contributed by atoms with E-state index in [1.165, 1.54) is 27.2 Å². The van der Waals surface area contributed by atoms with Crippen molar-refractivity contribution in [3.8, 4) is 39.1 Å². The van der Waals surface area contributed by atoms with Crippen LogP contribution >= 0.6 is 0 Å². The molecule has 0 atom stereocenters. The maximum Gasteiger partial charge on any atom is 0.268 e. The molecule has 0 spiro atoms. The van der Waals surface area contributed by atoms with Crippen LogP contribution in [0.2, 0.25) is 0 Å². The zero-order chi connectivity index (χ0) is 34.8. The minimum absolute atomic E-state index is 0.328. The van der Waals surface area contributed by atoms with E-state index < -0.39 is 0 Å². The molecule has 0 bridgehead atoms. The highest BCUT2D eigenvalue weighted by atomic mass is 16.2. The number of aryl methyl sites for hydroxylation is 3. The van der Waals surface area contributed by atoms with Crippen LogP contribution in [0.25, 0.3) is 60.9 Å². The first-order chi connectivity index (χ1) is 24.9. The van der Waals surface area contributed by atoms with Crippen LogP contribution < -0.4 is 4.90 Å². The maximum absolute atomic E-state index is 15.0. The van der Waals surface area contributed by atoms with Crippen molar-refractivity contribution in [3.63, 3.8) is 0 Å². The van der Waals surface area contributed by atoms with Crippen LogP contribution in [-0.2, 0) is 0 Å². The molecule has 0 aliphatic carbocycles. The summed E-state index contributed by atoms with van der Waals surface area (Å²) in [6, 6.07) is 50.9. The number of fused-ring (bicyclic) bond motifs is 4. The second-order valence-electron chi connectivity index (χ2n) is 13.4. The van der Waals surface area contributed by atoms with Crippen LogP contribution in [0, 0.1) is 20.8 Å². The van der Waals surface area contributed by atoms with Crippen molar-refractivity contribution in [1.29, 1.82) is 0 Å². The first-order valence-electron chi connectivity index (χ1n) is 17.3. The highest BCUT2D eigenvalue weighted by Gasteiger charge is 2.41. The van der Waals surface area contributed by atoms with Gasteiger partial charge in [0, 0.05) is 21.9 Å². The van der Waals surface area contributed by atoms with Crippen molar-refractivity contribution in [2.45, 2.75) is 20.8 Å². The zero-order valence-electron chi connectivity index (χ0n) is 28.6. The Morgan fingerprint density at radius 3 is 1.73 bits per heavy atom. The van der Waals surface area contributed by atoms with E-state index in [0.717, 1.165) is 49.6 Å². The Balaban J connectivity index is 1.31. The largest absolute Gasteiger partial charge is 0.308 e. The molecule has 4 heteroatoms. The van der Waals surface area contributed by atoms with Crippen molar-refractivity contribution in [2.24, 2.45) is 0 Å². The normalized spacial score (nSPS) is 12.6. The van der Waals surface area contributed by atoms with Gasteiger partial charge in [-0.05, 0) is 78.4 Å². The number of amides is 2. The van der Waals surface area contributed by atoms with Gasteiger partial charge in [0.1, 0.15) is 0 Å². The second-order valence-corrected chi connectivity index (χ2v) is 13.4. The monoisotopic (exact) mass is 658 g/mol. The highest BCUT2D eigenvalue weighted by Crippen LogP contribution is 2.45. The Kier molecular flexibility index (Phi) is 7.08. The second kappa shape index (κ2) is 11.8. The van der Waals surface area contributed by atoms with Gasteiger partial charge in [0.15, 0.2) is 0 Å². The fourth-order valence-corrected chi connectivity index (χ4v) is 8.24.